The molecule has 104 valence electrons. The molecular weight excluding hydrogens is 260 g/mol. The molecule has 1 amide bonds. The Hall–Kier alpha value is -2.18. The quantitative estimate of drug-likeness (QED) is 0.807. The summed E-state index contributed by atoms with van der Waals surface area (Å²) in [6.07, 6.45) is -0.281. The van der Waals surface area contributed by atoms with E-state index in [1.54, 1.807) is 0 Å². The molecule has 19 heavy (non-hydrogen) atoms. The van der Waals surface area contributed by atoms with Crippen LogP contribution in [-0.2, 0) is 9.59 Å². The number of alkyl halides is 2. The Morgan fingerprint density at radius 3 is 2.53 bits per heavy atom. The van der Waals surface area contributed by atoms with Gasteiger partial charge < -0.3 is 14.8 Å². The number of amides is 1. The van der Waals surface area contributed by atoms with Crippen LogP contribution in [0.2, 0.25) is 0 Å². The average molecular weight is 273 g/mol. The molecular formula is C12H13F2NO4. The Balaban J connectivity index is 2.85. The normalized spacial score (nSPS) is 10.2. The third-order valence-corrected chi connectivity index (χ3v) is 2.07. The molecule has 5 nitrogen and oxygen atoms in total. The van der Waals surface area contributed by atoms with Gasteiger partial charge in [0.25, 0.3) is 0 Å². The lowest BCUT2D eigenvalue weighted by Crippen LogP contribution is -2.15. The number of carbonyl (C=O) groups excluding carboxylic acids is 2. The van der Waals surface area contributed by atoms with Crippen molar-refractivity contribution in [3.05, 3.63) is 18.2 Å². The van der Waals surface area contributed by atoms with Crippen LogP contribution in [0.25, 0.3) is 0 Å². The number of hydrogen-bond donors (Lipinski definition) is 1. The molecule has 0 heterocycles. The van der Waals surface area contributed by atoms with E-state index < -0.39 is 12.5 Å². The molecule has 0 saturated heterocycles. The predicted octanol–water partition coefficient (Wildman–Crippen LogP) is 2.21. The summed E-state index contributed by atoms with van der Waals surface area (Å²) in [5.41, 5.74) is 0.239. The van der Waals surface area contributed by atoms with Crippen LogP contribution >= 0.6 is 0 Å². The van der Waals surface area contributed by atoms with E-state index in [0.717, 1.165) is 0 Å². The first-order valence-electron chi connectivity index (χ1n) is 5.34. The number of Topliss-reactive ketones (excluding diaryl/α,β-unsaturated/α-hetero) is 1. The standard InChI is InChI=1S/C12H13F2NO4/c1-7(16)5-11(17)15-8-3-4-9(18-2)10(6-8)19-12(13)14/h3-4,6,12H,5H2,1-2H3,(H,15,17). The molecule has 7 heteroatoms. The van der Waals surface area contributed by atoms with Crippen LogP contribution in [0.3, 0.4) is 0 Å². The number of nitrogens with one attached hydrogen (secondary N) is 1. The highest BCUT2D eigenvalue weighted by atomic mass is 19.3. The lowest BCUT2D eigenvalue weighted by molar-refractivity contribution is -0.124. The second-order valence-electron chi connectivity index (χ2n) is 3.67. The van der Waals surface area contributed by atoms with Gasteiger partial charge in [-0.3, -0.25) is 9.59 Å². The maximum absolute atomic E-state index is 12.2. The first-order valence-corrected chi connectivity index (χ1v) is 5.34. The highest BCUT2D eigenvalue weighted by Crippen LogP contribution is 2.31. The van der Waals surface area contributed by atoms with E-state index in [1.807, 2.05) is 0 Å². The molecule has 1 N–H and O–H groups in total. The number of ketones is 1. The molecule has 0 aliphatic carbocycles. The minimum Gasteiger partial charge on any atom is -0.493 e. The fourth-order valence-electron chi connectivity index (χ4n) is 1.37. The molecule has 0 radical (unpaired) electrons. The van der Waals surface area contributed by atoms with Gasteiger partial charge in [0.15, 0.2) is 11.5 Å². The van der Waals surface area contributed by atoms with Crippen molar-refractivity contribution in [2.24, 2.45) is 0 Å². The van der Waals surface area contributed by atoms with Gasteiger partial charge in [-0.1, -0.05) is 0 Å². The predicted molar refractivity (Wildman–Crippen MR) is 63.6 cm³/mol. The van der Waals surface area contributed by atoms with Gasteiger partial charge in [0.05, 0.1) is 13.5 Å². The number of benzene rings is 1. The lowest BCUT2D eigenvalue weighted by atomic mass is 10.2. The van der Waals surface area contributed by atoms with Gasteiger partial charge in [-0.2, -0.15) is 8.78 Å². The fraction of sp³-hybridized carbons (Fsp3) is 0.333. The maximum Gasteiger partial charge on any atom is 0.387 e. The van der Waals surface area contributed by atoms with Crippen molar-refractivity contribution < 1.29 is 27.8 Å². The Kier molecular flexibility index (Phi) is 5.23. The highest BCUT2D eigenvalue weighted by molar-refractivity contribution is 6.03. The Bertz CT molecular complexity index is 477. The molecule has 0 unspecified atom stereocenters. The van der Waals surface area contributed by atoms with Crippen molar-refractivity contribution in [2.75, 3.05) is 12.4 Å². The summed E-state index contributed by atoms with van der Waals surface area (Å²) in [5, 5.41) is 2.40. The van der Waals surface area contributed by atoms with E-state index in [1.165, 1.54) is 32.2 Å². The number of ether oxygens (including phenoxy) is 2. The van der Waals surface area contributed by atoms with E-state index in [0.29, 0.717) is 0 Å². The van der Waals surface area contributed by atoms with Crippen molar-refractivity contribution in [1.82, 2.24) is 0 Å². The Labute approximate surface area is 108 Å². The molecule has 0 aliphatic heterocycles. The highest BCUT2D eigenvalue weighted by Gasteiger charge is 2.12. The van der Waals surface area contributed by atoms with Gasteiger partial charge in [0.1, 0.15) is 5.78 Å². The SMILES string of the molecule is COc1ccc(NC(=O)CC(C)=O)cc1OC(F)F. The molecule has 0 spiro atoms. The minimum atomic E-state index is -3.00. The molecule has 0 aromatic heterocycles. The summed E-state index contributed by atoms with van der Waals surface area (Å²) in [5.74, 6) is -0.904. The van der Waals surface area contributed by atoms with E-state index >= 15 is 0 Å². The summed E-state index contributed by atoms with van der Waals surface area (Å²) >= 11 is 0. The zero-order valence-electron chi connectivity index (χ0n) is 10.4. The minimum absolute atomic E-state index is 0.116. The third kappa shape index (κ3) is 4.90. The van der Waals surface area contributed by atoms with Crippen molar-refractivity contribution in [2.45, 2.75) is 20.0 Å². The largest absolute Gasteiger partial charge is 0.493 e. The zero-order chi connectivity index (χ0) is 14.4. The van der Waals surface area contributed by atoms with Crippen LogP contribution in [0.4, 0.5) is 14.5 Å². The average Bonchev–Trinajstić information content (AvgIpc) is 2.27. The second-order valence-corrected chi connectivity index (χ2v) is 3.67. The monoisotopic (exact) mass is 273 g/mol. The summed E-state index contributed by atoms with van der Waals surface area (Å²) in [6.45, 7) is -1.73. The number of methoxy groups -OCH3 is 1. The summed E-state index contributed by atoms with van der Waals surface area (Å²) < 4.78 is 33.5. The van der Waals surface area contributed by atoms with Crippen molar-refractivity contribution in [1.29, 1.82) is 0 Å². The number of rotatable bonds is 6. The molecule has 1 rings (SSSR count). The zero-order valence-corrected chi connectivity index (χ0v) is 10.4. The molecule has 0 bridgehead atoms. The van der Waals surface area contributed by atoms with Crippen molar-refractivity contribution >= 4 is 17.4 Å². The maximum atomic E-state index is 12.2. The number of carbonyl (C=O) groups is 2. The van der Waals surface area contributed by atoms with E-state index in [4.69, 9.17) is 4.74 Å². The molecule has 0 atom stereocenters. The Morgan fingerprint density at radius 1 is 1.32 bits per heavy atom. The van der Waals surface area contributed by atoms with Crippen LogP contribution in [0, 0.1) is 0 Å². The van der Waals surface area contributed by atoms with Crippen LogP contribution in [0.5, 0.6) is 11.5 Å². The summed E-state index contributed by atoms with van der Waals surface area (Å²) in [6, 6.07) is 4.03. The Morgan fingerprint density at radius 2 is 2.00 bits per heavy atom. The molecule has 0 saturated carbocycles. The smallest absolute Gasteiger partial charge is 0.387 e. The van der Waals surface area contributed by atoms with Gasteiger partial charge in [-0.05, 0) is 19.1 Å². The van der Waals surface area contributed by atoms with E-state index in [-0.39, 0.29) is 29.4 Å². The van der Waals surface area contributed by atoms with Crippen LogP contribution in [-0.4, -0.2) is 25.4 Å². The first-order chi connectivity index (χ1) is 8.92. The van der Waals surface area contributed by atoms with Crippen LogP contribution < -0.4 is 14.8 Å². The van der Waals surface area contributed by atoms with Crippen LogP contribution in [0.15, 0.2) is 18.2 Å². The molecule has 0 aliphatic rings. The summed E-state index contributed by atoms with van der Waals surface area (Å²) in [4.78, 5) is 22.1. The van der Waals surface area contributed by atoms with Gasteiger partial charge in [0, 0.05) is 11.8 Å². The van der Waals surface area contributed by atoms with Crippen molar-refractivity contribution in [3.8, 4) is 11.5 Å². The van der Waals surface area contributed by atoms with Gasteiger partial charge in [-0.15, -0.1) is 0 Å². The summed E-state index contributed by atoms with van der Waals surface area (Å²) in [7, 11) is 1.31. The van der Waals surface area contributed by atoms with Crippen molar-refractivity contribution in [3.63, 3.8) is 0 Å². The second kappa shape index (κ2) is 6.67. The molecule has 0 fully saturated rings. The third-order valence-electron chi connectivity index (χ3n) is 2.07. The first kappa shape index (κ1) is 14.9. The van der Waals surface area contributed by atoms with Crippen LogP contribution in [0.1, 0.15) is 13.3 Å². The number of anilines is 1. The number of hydrogen-bond acceptors (Lipinski definition) is 4. The van der Waals surface area contributed by atoms with Gasteiger partial charge in [0.2, 0.25) is 5.91 Å². The number of halogens is 2. The molecule has 1 aromatic carbocycles. The lowest BCUT2D eigenvalue weighted by Gasteiger charge is -2.12. The van der Waals surface area contributed by atoms with E-state index in [9.17, 15) is 18.4 Å². The van der Waals surface area contributed by atoms with E-state index in [2.05, 4.69) is 10.1 Å². The molecule has 1 aromatic rings. The topological polar surface area (TPSA) is 64.6 Å². The van der Waals surface area contributed by atoms with Gasteiger partial charge in [-0.25, -0.2) is 0 Å². The fourth-order valence-corrected chi connectivity index (χ4v) is 1.37. The van der Waals surface area contributed by atoms with Gasteiger partial charge >= 0.3 is 6.61 Å².